The zero-order chi connectivity index (χ0) is 19.8. The summed E-state index contributed by atoms with van der Waals surface area (Å²) < 4.78 is 3.57. The van der Waals surface area contributed by atoms with Crippen molar-refractivity contribution in [2.75, 3.05) is 11.4 Å². The van der Waals surface area contributed by atoms with Gasteiger partial charge in [-0.2, -0.15) is 15.5 Å². The Labute approximate surface area is 163 Å². The number of aliphatic hydroxyl groups is 1. The summed E-state index contributed by atoms with van der Waals surface area (Å²) >= 11 is 0. The van der Waals surface area contributed by atoms with Crippen molar-refractivity contribution in [1.82, 2.24) is 24.5 Å². The molecule has 8 nitrogen and oxygen atoms in total. The Morgan fingerprint density at radius 2 is 2.00 bits per heavy atom. The monoisotopic (exact) mass is 377 g/mol. The molecule has 0 amide bonds. The quantitative estimate of drug-likeness (QED) is 0.748. The number of fused-ring (bicyclic) bond motifs is 1. The average Bonchev–Trinajstić information content (AvgIpc) is 3.32. The van der Waals surface area contributed by atoms with Gasteiger partial charge in [0.2, 0.25) is 0 Å². The maximum atomic E-state index is 10.7. The van der Waals surface area contributed by atoms with E-state index < -0.39 is 6.10 Å². The molecular formula is C20H23N7O. The molecule has 0 radical (unpaired) electrons. The molecule has 3 aromatic rings. The molecule has 0 bridgehead atoms. The Bertz CT molecular complexity index is 1040. The number of nitrogens with zero attached hydrogens (tertiary/aromatic N) is 7. The molecule has 28 heavy (non-hydrogen) atoms. The molecule has 0 aromatic carbocycles. The Hall–Kier alpha value is -3.18. The van der Waals surface area contributed by atoms with Crippen LogP contribution < -0.4 is 4.90 Å². The lowest BCUT2D eigenvalue weighted by molar-refractivity contribution is 0.203. The van der Waals surface area contributed by atoms with Gasteiger partial charge in [0.25, 0.3) is 0 Å². The fraction of sp³-hybridized carbons (Fsp3) is 0.400. The van der Waals surface area contributed by atoms with Crippen molar-refractivity contribution in [2.45, 2.75) is 39.0 Å². The number of hydrogen-bond donors (Lipinski definition) is 1. The van der Waals surface area contributed by atoms with Crippen molar-refractivity contribution < 1.29 is 5.11 Å². The van der Waals surface area contributed by atoms with Gasteiger partial charge in [-0.05, 0) is 30.2 Å². The summed E-state index contributed by atoms with van der Waals surface area (Å²) in [5, 5.41) is 28.9. The van der Waals surface area contributed by atoms with E-state index in [9.17, 15) is 10.4 Å². The van der Waals surface area contributed by atoms with E-state index in [1.54, 1.807) is 24.0 Å². The van der Waals surface area contributed by atoms with Crippen LogP contribution in [0.3, 0.4) is 0 Å². The molecule has 4 rings (SSSR count). The van der Waals surface area contributed by atoms with Gasteiger partial charge in [0, 0.05) is 25.5 Å². The van der Waals surface area contributed by atoms with Gasteiger partial charge in [0.05, 0.1) is 35.7 Å². The van der Waals surface area contributed by atoms with Crippen LogP contribution in [0, 0.1) is 11.3 Å². The topological polar surface area (TPSA) is 95.8 Å². The van der Waals surface area contributed by atoms with Crippen molar-refractivity contribution in [3.8, 4) is 6.07 Å². The second-order valence-corrected chi connectivity index (χ2v) is 7.36. The average molecular weight is 377 g/mol. The van der Waals surface area contributed by atoms with E-state index in [1.165, 1.54) is 0 Å². The van der Waals surface area contributed by atoms with Gasteiger partial charge in [0.15, 0.2) is 0 Å². The van der Waals surface area contributed by atoms with Crippen LogP contribution in [-0.2, 0) is 20.1 Å². The van der Waals surface area contributed by atoms with E-state index in [1.807, 2.05) is 22.9 Å². The van der Waals surface area contributed by atoms with E-state index >= 15 is 0 Å². The highest BCUT2D eigenvalue weighted by Crippen LogP contribution is 2.27. The molecule has 0 saturated heterocycles. The first-order valence-corrected chi connectivity index (χ1v) is 9.36. The van der Waals surface area contributed by atoms with Crippen LogP contribution >= 0.6 is 0 Å². The predicted molar refractivity (Wildman–Crippen MR) is 104 cm³/mol. The molecule has 144 valence electrons. The van der Waals surface area contributed by atoms with Crippen LogP contribution in [0.1, 0.15) is 54.2 Å². The number of pyridine rings is 1. The van der Waals surface area contributed by atoms with Crippen molar-refractivity contribution in [3.63, 3.8) is 0 Å². The Morgan fingerprint density at radius 1 is 1.18 bits per heavy atom. The molecule has 0 saturated carbocycles. The smallest absolute Gasteiger partial charge is 0.147 e. The van der Waals surface area contributed by atoms with Crippen molar-refractivity contribution in [2.24, 2.45) is 7.05 Å². The first kappa shape index (κ1) is 18.2. The minimum Gasteiger partial charge on any atom is -0.380 e. The van der Waals surface area contributed by atoms with Gasteiger partial charge in [-0.25, -0.2) is 4.98 Å². The molecule has 1 N–H and O–H groups in total. The van der Waals surface area contributed by atoms with E-state index in [4.69, 9.17) is 4.98 Å². The van der Waals surface area contributed by atoms with Crippen molar-refractivity contribution in [3.05, 3.63) is 58.8 Å². The van der Waals surface area contributed by atoms with E-state index in [0.29, 0.717) is 42.5 Å². The van der Waals surface area contributed by atoms with E-state index in [0.717, 1.165) is 17.2 Å². The third-order valence-corrected chi connectivity index (χ3v) is 5.14. The maximum absolute atomic E-state index is 10.7. The molecule has 4 heterocycles. The van der Waals surface area contributed by atoms with Crippen LogP contribution in [0.2, 0.25) is 0 Å². The molecule has 0 aliphatic carbocycles. The van der Waals surface area contributed by atoms with E-state index in [2.05, 4.69) is 35.0 Å². The molecule has 0 unspecified atom stereocenters. The molecule has 1 aliphatic rings. The molecule has 1 atom stereocenters. The normalized spacial score (nSPS) is 14.8. The molecule has 3 aromatic heterocycles. The summed E-state index contributed by atoms with van der Waals surface area (Å²) in [4.78, 5) is 6.86. The summed E-state index contributed by atoms with van der Waals surface area (Å²) in [6.45, 7) is 6.16. The third kappa shape index (κ3) is 3.14. The van der Waals surface area contributed by atoms with Crippen molar-refractivity contribution in [1.29, 1.82) is 5.26 Å². The number of nitriles is 1. The Morgan fingerprint density at radius 3 is 2.68 bits per heavy atom. The third-order valence-electron chi connectivity index (χ3n) is 5.14. The van der Waals surface area contributed by atoms with E-state index in [-0.39, 0.29) is 0 Å². The molecule has 8 heteroatoms. The highest BCUT2D eigenvalue weighted by molar-refractivity contribution is 5.55. The summed E-state index contributed by atoms with van der Waals surface area (Å²) in [6.07, 6.45) is 0.837. The zero-order valence-corrected chi connectivity index (χ0v) is 16.2. The first-order chi connectivity index (χ1) is 13.5. The number of anilines is 1. The molecule has 0 spiro atoms. The zero-order valence-electron chi connectivity index (χ0n) is 16.2. The van der Waals surface area contributed by atoms with Gasteiger partial charge >= 0.3 is 0 Å². The number of hydrogen-bond acceptors (Lipinski definition) is 6. The van der Waals surface area contributed by atoms with Crippen LogP contribution in [0.15, 0.2) is 30.5 Å². The maximum Gasteiger partial charge on any atom is 0.147 e. The van der Waals surface area contributed by atoms with Gasteiger partial charge in [-0.1, -0.05) is 13.8 Å². The predicted octanol–water partition coefficient (Wildman–Crippen LogP) is 2.11. The summed E-state index contributed by atoms with van der Waals surface area (Å²) in [6, 6.07) is 9.73. The Balaban J connectivity index is 1.63. The lowest BCUT2D eigenvalue weighted by atomic mass is 10.1. The summed E-state index contributed by atoms with van der Waals surface area (Å²) in [7, 11) is 1.80. The standard InChI is InChI=1S/C20H23N7O/c1-13(2)16-5-4-14(11-21)20(23-16)26-8-9-27-15(12-26)10-17(24-27)19(28)18-6-7-22-25(18)3/h4-7,10,13,19,28H,8-9,12H2,1-3H3/t19-/m1/s1. The molecular weight excluding hydrogens is 354 g/mol. The lowest BCUT2D eigenvalue weighted by Crippen LogP contribution is -2.35. The first-order valence-electron chi connectivity index (χ1n) is 9.36. The van der Waals surface area contributed by atoms with Gasteiger partial charge in [0.1, 0.15) is 18.0 Å². The number of aromatic nitrogens is 5. The molecule has 0 fully saturated rings. The SMILES string of the molecule is CC(C)c1ccc(C#N)c(N2CCn3nc([C@@H](O)c4ccnn4C)cc3C2)n1. The fourth-order valence-corrected chi connectivity index (χ4v) is 3.52. The second-order valence-electron chi connectivity index (χ2n) is 7.36. The minimum absolute atomic E-state index is 0.294. The lowest BCUT2D eigenvalue weighted by Gasteiger charge is -2.29. The molecule has 1 aliphatic heterocycles. The Kier molecular flexibility index (Phi) is 4.61. The van der Waals surface area contributed by atoms with Gasteiger partial charge < -0.3 is 10.0 Å². The summed E-state index contributed by atoms with van der Waals surface area (Å²) in [5.74, 6) is 1.01. The van der Waals surface area contributed by atoms with Gasteiger partial charge in [-0.15, -0.1) is 0 Å². The van der Waals surface area contributed by atoms with Gasteiger partial charge in [-0.3, -0.25) is 9.36 Å². The largest absolute Gasteiger partial charge is 0.380 e. The van der Waals surface area contributed by atoms with Crippen LogP contribution in [0.5, 0.6) is 0 Å². The van der Waals surface area contributed by atoms with Crippen molar-refractivity contribution >= 4 is 5.82 Å². The minimum atomic E-state index is -0.823. The highest BCUT2D eigenvalue weighted by atomic mass is 16.3. The second kappa shape index (κ2) is 7.09. The van der Waals surface area contributed by atoms with Crippen LogP contribution in [0.4, 0.5) is 5.82 Å². The highest BCUT2D eigenvalue weighted by Gasteiger charge is 2.25. The summed E-state index contributed by atoms with van der Waals surface area (Å²) in [5.41, 5.74) is 3.84. The van der Waals surface area contributed by atoms with Crippen LogP contribution in [0.25, 0.3) is 0 Å². The van der Waals surface area contributed by atoms with Crippen LogP contribution in [-0.4, -0.2) is 36.2 Å². The number of aryl methyl sites for hydroxylation is 1. The fourth-order valence-electron chi connectivity index (χ4n) is 3.52. The number of aliphatic hydroxyl groups excluding tert-OH is 1. The number of rotatable bonds is 4.